The molecule has 168 valence electrons. The normalized spacial score (nSPS) is 16.4. The Labute approximate surface area is 181 Å². The van der Waals surface area contributed by atoms with Crippen molar-refractivity contribution >= 4 is 5.96 Å². The van der Waals surface area contributed by atoms with Gasteiger partial charge >= 0.3 is 0 Å². The van der Waals surface area contributed by atoms with Crippen molar-refractivity contribution in [3.8, 4) is 11.5 Å². The Kier molecular flexibility index (Phi) is 8.46. The van der Waals surface area contributed by atoms with Crippen LogP contribution in [-0.4, -0.2) is 45.4 Å². The molecule has 31 heavy (non-hydrogen) atoms. The molecule has 0 bridgehead atoms. The van der Waals surface area contributed by atoms with Crippen LogP contribution in [0.25, 0.3) is 0 Å². The lowest BCUT2D eigenvalue weighted by molar-refractivity contribution is 0.0818. The molecule has 2 aromatic carbocycles. The van der Waals surface area contributed by atoms with Crippen LogP contribution in [0.2, 0.25) is 0 Å². The van der Waals surface area contributed by atoms with Crippen LogP contribution < -0.4 is 20.1 Å². The van der Waals surface area contributed by atoms with Gasteiger partial charge in [0.1, 0.15) is 24.2 Å². The van der Waals surface area contributed by atoms with Crippen LogP contribution in [-0.2, 0) is 17.8 Å². The van der Waals surface area contributed by atoms with Crippen molar-refractivity contribution in [3.63, 3.8) is 0 Å². The summed E-state index contributed by atoms with van der Waals surface area (Å²) in [5.74, 6) is 1.89. The lowest BCUT2D eigenvalue weighted by atomic mass is 10.1. The minimum Gasteiger partial charge on any atom is -0.488 e. The number of nitrogens with zero attached hydrogens (tertiary/aromatic N) is 1. The number of aryl methyl sites for hydroxylation is 1. The predicted octanol–water partition coefficient (Wildman–Crippen LogP) is 3.67. The number of rotatable bonds is 9. The maximum Gasteiger partial charge on any atom is 0.272 e. The van der Waals surface area contributed by atoms with E-state index in [1.165, 1.54) is 0 Å². The number of benzene rings is 2. The van der Waals surface area contributed by atoms with Gasteiger partial charge in [-0.1, -0.05) is 24.3 Å². The van der Waals surface area contributed by atoms with Gasteiger partial charge < -0.3 is 24.8 Å². The minimum absolute atomic E-state index is 0.0811. The van der Waals surface area contributed by atoms with Crippen molar-refractivity contribution in [2.75, 3.05) is 26.9 Å². The summed E-state index contributed by atoms with van der Waals surface area (Å²) >= 11 is 0. The number of alkyl halides is 2. The Morgan fingerprint density at radius 1 is 1.19 bits per heavy atom. The van der Waals surface area contributed by atoms with Crippen molar-refractivity contribution in [3.05, 3.63) is 59.2 Å². The van der Waals surface area contributed by atoms with Gasteiger partial charge in [-0.2, -0.15) is 0 Å². The summed E-state index contributed by atoms with van der Waals surface area (Å²) in [5.41, 5.74) is 3.06. The first kappa shape index (κ1) is 22.8. The van der Waals surface area contributed by atoms with E-state index in [1.807, 2.05) is 25.1 Å². The Hall–Kier alpha value is -2.87. The fourth-order valence-electron chi connectivity index (χ4n) is 3.19. The molecule has 6 nitrogen and oxygen atoms in total. The second-order valence-electron chi connectivity index (χ2n) is 7.34. The zero-order valence-corrected chi connectivity index (χ0v) is 17.9. The second kappa shape index (κ2) is 11.5. The largest absolute Gasteiger partial charge is 0.488 e. The van der Waals surface area contributed by atoms with Crippen LogP contribution in [0.5, 0.6) is 11.5 Å². The average Bonchev–Trinajstić information content (AvgIpc) is 3.27. The summed E-state index contributed by atoms with van der Waals surface area (Å²) in [6.07, 6.45) is -1.52. The van der Waals surface area contributed by atoms with Gasteiger partial charge in [0, 0.05) is 32.1 Å². The van der Waals surface area contributed by atoms with Gasteiger partial charge in [-0.15, -0.1) is 0 Å². The first-order chi connectivity index (χ1) is 15.0. The average molecular weight is 433 g/mol. The highest BCUT2D eigenvalue weighted by Gasteiger charge is 2.18. The highest BCUT2D eigenvalue weighted by molar-refractivity contribution is 5.79. The number of hydrogen-bond donors (Lipinski definition) is 2. The summed E-state index contributed by atoms with van der Waals surface area (Å²) < 4.78 is 41.3. The monoisotopic (exact) mass is 433 g/mol. The molecule has 0 saturated carbocycles. The predicted molar refractivity (Wildman–Crippen MR) is 116 cm³/mol. The summed E-state index contributed by atoms with van der Waals surface area (Å²) in [6.45, 7) is 3.78. The molecule has 1 heterocycles. The zero-order valence-electron chi connectivity index (χ0n) is 17.9. The number of nitrogens with one attached hydrogen (secondary N) is 2. The van der Waals surface area contributed by atoms with Crippen molar-refractivity contribution < 1.29 is 23.0 Å². The highest BCUT2D eigenvalue weighted by Crippen LogP contribution is 2.23. The molecule has 0 aromatic heterocycles. The number of aliphatic imine (C=N–C) groups is 1. The Bertz CT molecular complexity index is 871. The van der Waals surface area contributed by atoms with Crippen molar-refractivity contribution in [2.45, 2.75) is 39.0 Å². The molecule has 1 unspecified atom stereocenters. The molecule has 0 radical (unpaired) electrons. The van der Waals surface area contributed by atoms with E-state index in [-0.39, 0.29) is 6.10 Å². The topological polar surface area (TPSA) is 64.1 Å². The van der Waals surface area contributed by atoms with Gasteiger partial charge in [0.05, 0.1) is 13.2 Å². The Balaban J connectivity index is 1.54. The van der Waals surface area contributed by atoms with Crippen molar-refractivity contribution in [1.29, 1.82) is 0 Å². The fourth-order valence-corrected chi connectivity index (χ4v) is 3.19. The first-order valence-corrected chi connectivity index (χ1v) is 10.3. The van der Waals surface area contributed by atoms with Crippen LogP contribution in [0.1, 0.15) is 23.1 Å². The van der Waals surface area contributed by atoms with Gasteiger partial charge in [0.15, 0.2) is 5.96 Å². The molecule has 1 atom stereocenters. The number of ether oxygens (including phenoxy) is 3. The van der Waals surface area contributed by atoms with Gasteiger partial charge in [0.25, 0.3) is 6.43 Å². The van der Waals surface area contributed by atoms with Gasteiger partial charge in [-0.05, 0) is 36.2 Å². The summed E-state index contributed by atoms with van der Waals surface area (Å²) in [6, 6.07) is 13.2. The van der Waals surface area contributed by atoms with E-state index in [2.05, 4.69) is 21.7 Å². The van der Waals surface area contributed by atoms with Crippen LogP contribution >= 0.6 is 0 Å². The third kappa shape index (κ3) is 7.40. The molecule has 1 saturated heterocycles. The van der Waals surface area contributed by atoms with E-state index < -0.39 is 13.0 Å². The molecular weight excluding hydrogens is 404 g/mol. The van der Waals surface area contributed by atoms with E-state index in [1.54, 1.807) is 25.2 Å². The maximum absolute atomic E-state index is 12.3. The summed E-state index contributed by atoms with van der Waals surface area (Å²) in [4.78, 5) is 4.25. The second-order valence-corrected chi connectivity index (χ2v) is 7.34. The van der Waals surface area contributed by atoms with Gasteiger partial charge in [-0.25, -0.2) is 8.78 Å². The maximum atomic E-state index is 12.3. The molecule has 0 amide bonds. The lowest BCUT2D eigenvalue weighted by Crippen LogP contribution is -2.36. The summed E-state index contributed by atoms with van der Waals surface area (Å²) in [5, 5.41) is 6.52. The van der Waals surface area contributed by atoms with E-state index in [0.29, 0.717) is 31.4 Å². The van der Waals surface area contributed by atoms with Crippen molar-refractivity contribution in [1.82, 2.24) is 10.6 Å². The smallest absolute Gasteiger partial charge is 0.272 e. The Morgan fingerprint density at radius 2 is 2.03 bits per heavy atom. The van der Waals surface area contributed by atoms with Crippen molar-refractivity contribution in [2.24, 2.45) is 4.99 Å². The minimum atomic E-state index is -2.50. The van der Waals surface area contributed by atoms with E-state index >= 15 is 0 Å². The Morgan fingerprint density at radius 3 is 2.77 bits per heavy atom. The summed E-state index contributed by atoms with van der Waals surface area (Å²) in [7, 11) is 1.69. The molecule has 2 N–H and O–H groups in total. The highest BCUT2D eigenvalue weighted by atomic mass is 19.3. The van der Waals surface area contributed by atoms with E-state index in [4.69, 9.17) is 14.2 Å². The number of halogens is 2. The molecule has 3 rings (SSSR count). The van der Waals surface area contributed by atoms with Crippen LogP contribution in [0, 0.1) is 6.92 Å². The van der Waals surface area contributed by atoms with Crippen LogP contribution in [0.4, 0.5) is 8.78 Å². The standard InChI is InChI=1S/C23H29F2N3O3/c1-16-6-7-18(21(10-16)31-20-8-9-29-14-20)13-28-23(26-2)27-12-17-4-3-5-19(11-17)30-15-22(24)25/h3-7,10-11,20,22H,8-9,12-15H2,1-2H3,(H2,26,27,28). The molecule has 2 aromatic rings. The quantitative estimate of drug-likeness (QED) is 0.467. The molecule has 1 fully saturated rings. The SMILES string of the molecule is CN=C(NCc1cccc(OCC(F)F)c1)NCc1ccc(C)cc1OC1CCOC1. The third-order valence-corrected chi connectivity index (χ3v) is 4.81. The molecular formula is C23H29F2N3O3. The molecule has 1 aliphatic rings. The molecule has 0 aliphatic carbocycles. The number of hydrogen-bond acceptors (Lipinski definition) is 4. The van der Waals surface area contributed by atoms with Gasteiger partial charge in [0.2, 0.25) is 0 Å². The van der Waals surface area contributed by atoms with E-state index in [0.717, 1.165) is 35.5 Å². The first-order valence-electron chi connectivity index (χ1n) is 10.3. The molecule has 1 aliphatic heterocycles. The van der Waals surface area contributed by atoms with Gasteiger partial charge in [-0.3, -0.25) is 4.99 Å². The third-order valence-electron chi connectivity index (χ3n) is 4.81. The fraction of sp³-hybridized carbons (Fsp3) is 0.435. The zero-order chi connectivity index (χ0) is 22.1. The van der Waals surface area contributed by atoms with E-state index in [9.17, 15) is 8.78 Å². The lowest BCUT2D eigenvalue weighted by Gasteiger charge is -2.18. The molecule has 8 heteroatoms. The molecule has 0 spiro atoms. The van der Waals surface area contributed by atoms with Crippen LogP contribution in [0.3, 0.4) is 0 Å². The number of guanidine groups is 1. The van der Waals surface area contributed by atoms with Crippen LogP contribution in [0.15, 0.2) is 47.5 Å².